The minimum Gasteiger partial charge on any atom is -0.481 e. The van der Waals surface area contributed by atoms with Crippen LogP contribution in [0, 0.1) is 5.41 Å². The van der Waals surface area contributed by atoms with Gasteiger partial charge < -0.3 is 25.8 Å². The highest BCUT2D eigenvalue weighted by Gasteiger charge is 2.32. The number of amides is 2. The topological polar surface area (TPSA) is 156 Å². The van der Waals surface area contributed by atoms with Gasteiger partial charge in [0.2, 0.25) is 11.8 Å². The first-order valence-electron chi connectivity index (χ1n) is 9.04. The van der Waals surface area contributed by atoms with Crippen molar-refractivity contribution < 1.29 is 33.8 Å². The molecule has 1 atom stereocenters. The quantitative estimate of drug-likeness (QED) is 0.355. The molecule has 0 heterocycles. The second-order valence-corrected chi connectivity index (χ2v) is 7.24. The van der Waals surface area contributed by atoms with Gasteiger partial charge in [0.1, 0.15) is 5.78 Å². The number of carbonyl (C=O) groups is 5. The molecule has 0 saturated carbocycles. The van der Waals surface area contributed by atoms with Gasteiger partial charge in [-0.3, -0.25) is 24.0 Å². The minimum absolute atomic E-state index is 0.0106. The number of Topliss-reactive ketones (excluding diaryl/α,β-unsaturated/α-hetero) is 1. The van der Waals surface area contributed by atoms with E-state index in [4.69, 9.17) is 15.6 Å². The lowest BCUT2D eigenvalue weighted by molar-refractivity contribution is -0.156. The van der Waals surface area contributed by atoms with Gasteiger partial charge in [0.25, 0.3) is 0 Å². The Balaban J connectivity index is 4.56. The third-order valence-electron chi connectivity index (χ3n) is 3.96. The Labute approximate surface area is 164 Å². The fourth-order valence-electron chi connectivity index (χ4n) is 2.23. The van der Waals surface area contributed by atoms with Crippen LogP contribution in [0.3, 0.4) is 0 Å². The summed E-state index contributed by atoms with van der Waals surface area (Å²) in [5.74, 6) is -2.45. The number of carbonyl (C=O) groups excluding carboxylic acids is 4. The lowest BCUT2D eigenvalue weighted by Gasteiger charge is -2.30. The summed E-state index contributed by atoms with van der Waals surface area (Å²) in [6.45, 7) is 6.31. The molecule has 0 fully saturated rings. The van der Waals surface area contributed by atoms with Crippen molar-refractivity contribution in [1.82, 2.24) is 10.2 Å². The van der Waals surface area contributed by atoms with Crippen LogP contribution >= 0.6 is 0 Å². The molecule has 0 radical (unpaired) electrons. The number of esters is 1. The van der Waals surface area contributed by atoms with Gasteiger partial charge in [-0.1, -0.05) is 0 Å². The summed E-state index contributed by atoms with van der Waals surface area (Å²) >= 11 is 0. The average Bonchev–Trinajstić information content (AvgIpc) is 2.57. The van der Waals surface area contributed by atoms with Gasteiger partial charge in [0.05, 0.1) is 18.1 Å². The van der Waals surface area contributed by atoms with Crippen LogP contribution in [0.4, 0.5) is 0 Å². The lowest BCUT2D eigenvalue weighted by Crippen LogP contribution is -2.47. The summed E-state index contributed by atoms with van der Waals surface area (Å²) in [4.78, 5) is 58.7. The molecular weight excluding hydrogens is 370 g/mol. The molecule has 0 aromatic carbocycles. The summed E-state index contributed by atoms with van der Waals surface area (Å²) in [5.41, 5.74) is 4.61. The van der Waals surface area contributed by atoms with Crippen molar-refractivity contribution in [2.24, 2.45) is 11.1 Å². The van der Waals surface area contributed by atoms with Crippen LogP contribution in [0.2, 0.25) is 0 Å². The largest absolute Gasteiger partial charge is 0.481 e. The number of nitrogens with one attached hydrogen (secondary N) is 1. The monoisotopic (exact) mass is 401 g/mol. The number of hydrogen-bond acceptors (Lipinski definition) is 7. The van der Waals surface area contributed by atoms with Crippen molar-refractivity contribution in [3.8, 4) is 0 Å². The van der Waals surface area contributed by atoms with Gasteiger partial charge in [-0.2, -0.15) is 0 Å². The minimum atomic E-state index is -1.04. The summed E-state index contributed by atoms with van der Waals surface area (Å²) < 4.78 is 5.09. The molecule has 0 saturated heterocycles. The normalized spacial score (nSPS) is 12.0. The van der Waals surface area contributed by atoms with Crippen LogP contribution in [0.15, 0.2) is 0 Å². The van der Waals surface area contributed by atoms with E-state index in [0.717, 1.165) is 0 Å². The van der Waals surface area contributed by atoms with Gasteiger partial charge >= 0.3 is 11.9 Å². The maximum atomic E-state index is 12.2. The molecule has 28 heavy (non-hydrogen) atoms. The van der Waals surface area contributed by atoms with Gasteiger partial charge in [-0.15, -0.1) is 0 Å². The van der Waals surface area contributed by atoms with Crippen LogP contribution < -0.4 is 11.1 Å². The highest BCUT2D eigenvalue weighted by Crippen LogP contribution is 2.19. The van der Waals surface area contributed by atoms with Crippen LogP contribution in [-0.4, -0.2) is 71.8 Å². The van der Waals surface area contributed by atoms with Gasteiger partial charge in [-0.25, -0.2) is 0 Å². The van der Waals surface area contributed by atoms with Crippen LogP contribution in [0.25, 0.3) is 0 Å². The molecule has 10 heteroatoms. The molecule has 0 aliphatic heterocycles. The van der Waals surface area contributed by atoms with Gasteiger partial charge in [0.15, 0.2) is 0 Å². The second kappa shape index (κ2) is 12.1. The predicted octanol–water partition coefficient (Wildman–Crippen LogP) is -0.308. The predicted molar refractivity (Wildman–Crippen MR) is 100 cm³/mol. The Morgan fingerprint density at radius 2 is 1.75 bits per heavy atom. The first-order valence-corrected chi connectivity index (χ1v) is 9.04. The molecule has 0 aromatic heterocycles. The Kier molecular flexibility index (Phi) is 11.0. The molecule has 2 amide bonds. The second-order valence-electron chi connectivity index (χ2n) is 7.24. The molecule has 0 aromatic rings. The van der Waals surface area contributed by atoms with Crippen molar-refractivity contribution >= 4 is 29.5 Å². The Morgan fingerprint density at radius 1 is 1.14 bits per heavy atom. The number of carboxylic acids is 1. The molecular formula is C18H31N3O7. The maximum absolute atomic E-state index is 12.2. The zero-order valence-corrected chi connectivity index (χ0v) is 16.9. The number of ketones is 1. The molecule has 160 valence electrons. The molecule has 10 nitrogen and oxygen atoms in total. The molecule has 0 aliphatic carbocycles. The highest BCUT2D eigenvalue weighted by molar-refractivity contribution is 5.82. The van der Waals surface area contributed by atoms with Gasteiger partial charge in [0, 0.05) is 39.4 Å². The number of aliphatic carboxylic acids is 1. The summed E-state index contributed by atoms with van der Waals surface area (Å²) in [6, 6.07) is -0.949. The molecule has 0 unspecified atom stereocenters. The summed E-state index contributed by atoms with van der Waals surface area (Å²) in [7, 11) is 0. The van der Waals surface area contributed by atoms with E-state index in [1.54, 1.807) is 13.8 Å². The van der Waals surface area contributed by atoms with E-state index < -0.39 is 29.3 Å². The van der Waals surface area contributed by atoms with Crippen LogP contribution in [-0.2, 0) is 28.7 Å². The van der Waals surface area contributed by atoms with E-state index in [1.165, 1.54) is 18.7 Å². The van der Waals surface area contributed by atoms with Crippen molar-refractivity contribution in [3.63, 3.8) is 0 Å². The SMILES string of the molecule is CC(=O)CCOC(=O)C(C)(C)CN(CCNC(=O)[C@@H](N)CCC(=O)O)C(C)=O. The van der Waals surface area contributed by atoms with Crippen molar-refractivity contribution in [1.29, 1.82) is 0 Å². The molecule has 4 N–H and O–H groups in total. The first kappa shape index (κ1) is 25.5. The maximum Gasteiger partial charge on any atom is 0.313 e. The van der Waals surface area contributed by atoms with E-state index in [1.807, 2.05) is 0 Å². The zero-order chi connectivity index (χ0) is 21.9. The standard InChI is InChI=1S/C18H31N3O7/c1-12(22)7-10-28-17(27)18(3,4)11-21(13(2)23)9-8-20-16(26)14(19)5-6-15(24)25/h14H,5-11,19H2,1-4H3,(H,20,26)(H,24,25)/t14-/m0/s1. The van der Waals surface area contributed by atoms with Crippen molar-refractivity contribution in [2.45, 2.75) is 53.0 Å². The van der Waals surface area contributed by atoms with E-state index in [9.17, 15) is 24.0 Å². The van der Waals surface area contributed by atoms with Gasteiger partial charge in [-0.05, 0) is 27.2 Å². The smallest absolute Gasteiger partial charge is 0.313 e. The number of nitrogens with zero attached hydrogens (tertiary/aromatic N) is 1. The lowest BCUT2D eigenvalue weighted by atomic mass is 9.93. The number of carboxylic acid groups (broad SMARTS) is 1. The third-order valence-corrected chi connectivity index (χ3v) is 3.96. The number of ether oxygens (including phenoxy) is 1. The Hall–Kier alpha value is -2.49. The van der Waals surface area contributed by atoms with Crippen molar-refractivity contribution in [3.05, 3.63) is 0 Å². The third kappa shape index (κ3) is 10.6. The number of hydrogen-bond donors (Lipinski definition) is 3. The number of rotatable bonds is 13. The fourth-order valence-corrected chi connectivity index (χ4v) is 2.23. The van der Waals surface area contributed by atoms with E-state index in [-0.39, 0.29) is 57.2 Å². The van der Waals surface area contributed by atoms with Crippen molar-refractivity contribution in [2.75, 3.05) is 26.2 Å². The number of nitrogens with two attached hydrogens (primary N) is 1. The Bertz CT molecular complexity index is 590. The van der Waals surface area contributed by atoms with E-state index in [0.29, 0.717) is 0 Å². The molecule has 0 rings (SSSR count). The van der Waals surface area contributed by atoms with E-state index >= 15 is 0 Å². The summed E-state index contributed by atoms with van der Waals surface area (Å²) in [5, 5.41) is 11.2. The molecule has 0 aliphatic rings. The zero-order valence-electron chi connectivity index (χ0n) is 16.9. The average molecular weight is 401 g/mol. The Morgan fingerprint density at radius 3 is 2.25 bits per heavy atom. The first-order chi connectivity index (χ1) is 12.9. The summed E-state index contributed by atoms with van der Waals surface area (Å²) in [6.07, 6.45) is -0.0722. The van der Waals surface area contributed by atoms with Crippen LogP contribution in [0.5, 0.6) is 0 Å². The molecule has 0 bridgehead atoms. The van der Waals surface area contributed by atoms with Crippen LogP contribution in [0.1, 0.15) is 47.0 Å². The van der Waals surface area contributed by atoms with E-state index in [2.05, 4.69) is 5.32 Å². The fraction of sp³-hybridized carbons (Fsp3) is 0.722. The molecule has 0 spiro atoms. The highest BCUT2D eigenvalue weighted by atomic mass is 16.5.